The lowest BCUT2D eigenvalue weighted by Crippen LogP contribution is -2.66. The first-order chi connectivity index (χ1) is 17.7. The summed E-state index contributed by atoms with van der Waals surface area (Å²) in [4.78, 5) is 0. The molecule has 1 fully saturated rings. The van der Waals surface area contributed by atoms with Crippen LogP contribution in [0.4, 0.5) is 0 Å². The Bertz CT molecular complexity index is 1030. The van der Waals surface area contributed by atoms with E-state index in [1.165, 1.54) is 0 Å². The van der Waals surface area contributed by atoms with Crippen LogP contribution in [0.25, 0.3) is 0 Å². The zero-order valence-corrected chi connectivity index (χ0v) is 20.3. The molecule has 190 valence electrons. The molecule has 6 nitrogen and oxygen atoms in total. The van der Waals surface area contributed by atoms with E-state index in [-0.39, 0.29) is 19.8 Å². The van der Waals surface area contributed by atoms with Crippen molar-refractivity contribution in [2.75, 3.05) is 6.61 Å². The lowest BCUT2D eigenvalue weighted by Gasteiger charge is -2.47. The molecule has 0 saturated heterocycles. The van der Waals surface area contributed by atoms with Crippen LogP contribution in [-0.2, 0) is 38.8 Å². The van der Waals surface area contributed by atoms with Gasteiger partial charge in [0.25, 0.3) is 0 Å². The quantitative estimate of drug-likeness (QED) is 0.373. The first-order valence-corrected chi connectivity index (χ1v) is 12.2. The molecule has 0 amide bonds. The van der Waals surface area contributed by atoms with Crippen LogP contribution in [0.1, 0.15) is 16.7 Å². The van der Waals surface area contributed by atoms with Crippen LogP contribution >= 0.6 is 0 Å². The molecule has 0 bridgehead atoms. The summed E-state index contributed by atoms with van der Waals surface area (Å²) in [7, 11) is 0. The van der Waals surface area contributed by atoms with Crippen molar-refractivity contribution in [2.24, 2.45) is 0 Å². The molecule has 1 aliphatic rings. The van der Waals surface area contributed by atoms with Gasteiger partial charge in [-0.25, -0.2) is 0 Å². The van der Waals surface area contributed by atoms with Crippen LogP contribution < -0.4 is 0 Å². The number of aliphatic hydroxyl groups excluding tert-OH is 2. The highest BCUT2D eigenvalue weighted by molar-refractivity contribution is 5.16. The van der Waals surface area contributed by atoms with Gasteiger partial charge in [0, 0.05) is 0 Å². The highest BCUT2D eigenvalue weighted by atomic mass is 16.6. The molecular formula is C30H34O6. The number of hydrogen-bond acceptors (Lipinski definition) is 6. The molecule has 1 saturated carbocycles. The molecule has 2 N–H and O–H groups in total. The Morgan fingerprint density at radius 1 is 0.528 bits per heavy atom. The summed E-state index contributed by atoms with van der Waals surface area (Å²) < 4.78 is 24.8. The fourth-order valence-corrected chi connectivity index (χ4v) is 4.40. The Balaban J connectivity index is 1.58. The summed E-state index contributed by atoms with van der Waals surface area (Å²) in [5.41, 5.74) is 2.88. The van der Waals surface area contributed by atoms with E-state index in [1.54, 1.807) is 6.08 Å². The van der Waals surface area contributed by atoms with Crippen LogP contribution in [-0.4, -0.2) is 53.4 Å². The van der Waals surface area contributed by atoms with Gasteiger partial charge in [-0.3, -0.25) is 0 Å². The summed E-state index contributed by atoms with van der Waals surface area (Å²) in [6.45, 7) is 4.79. The summed E-state index contributed by atoms with van der Waals surface area (Å²) in [5, 5.41) is 22.3. The number of ether oxygens (including phenoxy) is 4. The molecule has 3 aromatic rings. The van der Waals surface area contributed by atoms with E-state index < -0.39 is 36.6 Å². The van der Waals surface area contributed by atoms with Crippen molar-refractivity contribution < 1.29 is 29.2 Å². The summed E-state index contributed by atoms with van der Waals surface area (Å²) in [5.74, 6) is 0. The lowest BCUT2D eigenvalue weighted by atomic mass is 9.84. The lowest BCUT2D eigenvalue weighted by molar-refractivity contribution is -0.270. The largest absolute Gasteiger partial charge is 0.387 e. The molecule has 6 atom stereocenters. The number of rotatable bonds is 12. The van der Waals surface area contributed by atoms with Gasteiger partial charge in [0.2, 0.25) is 0 Å². The second kappa shape index (κ2) is 13.5. The molecule has 0 unspecified atom stereocenters. The van der Waals surface area contributed by atoms with E-state index in [1.807, 2.05) is 91.0 Å². The van der Waals surface area contributed by atoms with Gasteiger partial charge in [0.1, 0.15) is 36.6 Å². The number of aliphatic hydroxyl groups is 2. The molecule has 6 heteroatoms. The molecule has 0 spiro atoms. The summed E-state index contributed by atoms with van der Waals surface area (Å²) in [6.07, 6.45) is -3.91. The van der Waals surface area contributed by atoms with Gasteiger partial charge in [0.05, 0.1) is 26.4 Å². The van der Waals surface area contributed by atoms with Gasteiger partial charge in [-0.1, -0.05) is 97.1 Å². The van der Waals surface area contributed by atoms with Crippen molar-refractivity contribution in [3.63, 3.8) is 0 Å². The molecule has 4 rings (SSSR count). The first kappa shape index (κ1) is 26.2. The van der Waals surface area contributed by atoms with Gasteiger partial charge in [-0.15, -0.1) is 6.58 Å². The Labute approximate surface area is 212 Å². The Morgan fingerprint density at radius 2 is 0.861 bits per heavy atom. The van der Waals surface area contributed by atoms with Gasteiger partial charge in [-0.2, -0.15) is 0 Å². The molecule has 1 aliphatic carbocycles. The maximum Gasteiger partial charge on any atom is 0.116 e. The van der Waals surface area contributed by atoms with Crippen molar-refractivity contribution in [3.05, 3.63) is 120 Å². The molecular weight excluding hydrogens is 456 g/mol. The highest BCUT2D eigenvalue weighted by Gasteiger charge is 2.52. The van der Waals surface area contributed by atoms with E-state index in [4.69, 9.17) is 18.9 Å². The minimum Gasteiger partial charge on any atom is -0.387 e. The molecule has 0 aromatic heterocycles. The van der Waals surface area contributed by atoms with Gasteiger partial charge < -0.3 is 29.2 Å². The minimum atomic E-state index is -1.24. The fraction of sp³-hybridized carbons (Fsp3) is 0.333. The SMILES string of the molecule is C=CCO[C@@H]1[C@H](OCc2ccccc2)[C@H](OCc2ccccc2)[C@@H](O)[C@H](O)[C@H]1OCc1ccccc1. The molecule has 0 heterocycles. The van der Waals surface area contributed by atoms with Crippen LogP contribution in [0.15, 0.2) is 104 Å². The first-order valence-electron chi connectivity index (χ1n) is 12.2. The Hall–Kier alpha value is -2.84. The van der Waals surface area contributed by atoms with E-state index in [2.05, 4.69) is 6.58 Å². The van der Waals surface area contributed by atoms with Crippen LogP contribution in [0.2, 0.25) is 0 Å². The Morgan fingerprint density at radius 3 is 1.22 bits per heavy atom. The third kappa shape index (κ3) is 6.89. The van der Waals surface area contributed by atoms with Crippen LogP contribution in [0, 0.1) is 0 Å². The van der Waals surface area contributed by atoms with E-state index in [0.717, 1.165) is 16.7 Å². The predicted molar refractivity (Wildman–Crippen MR) is 137 cm³/mol. The summed E-state index contributed by atoms with van der Waals surface area (Å²) in [6, 6.07) is 29.1. The zero-order valence-electron chi connectivity index (χ0n) is 20.3. The minimum absolute atomic E-state index is 0.231. The molecule has 36 heavy (non-hydrogen) atoms. The molecule has 3 aromatic carbocycles. The van der Waals surface area contributed by atoms with Crippen molar-refractivity contribution >= 4 is 0 Å². The summed E-state index contributed by atoms with van der Waals surface area (Å²) >= 11 is 0. The average Bonchev–Trinajstić information content (AvgIpc) is 2.93. The van der Waals surface area contributed by atoms with Gasteiger partial charge in [-0.05, 0) is 16.7 Å². The van der Waals surface area contributed by atoms with E-state index in [9.17, 15) is 10.2 Å². The van der Waals surface area contributed by atoms with Gasteiger partial charge >= 0.3 is 0 Å². The monoisotopic (exact) mass is 490 g/mol. The smallest absolute Gasteiger partial charge is 0.116 e. The maximum absolute atomic E-state index is 11.2. The topological polar surface area (TPSA) is 77.4 Å². The standard InChI is InChI=1S/C30H34O6/c1-2-18-33-29-27(34-19-22-12-6-3-7-13-22)25(31)26(32)28(35-20-23-14-8-4-9-15-23)30(29)36-21-24-16-10-5-11-17-24/h2-17,25-32H,1,18-21H2/t25-,26-,27+,28+,29-,30+/m0/s1. The van der Waals surface area contributed by atoms with Crippen molar-refractivity contribution in [3.8, 4) is 0 Å². The van der Waals surface area contributed by atoms with Crippen LogP contribution in [0.3, 0.4) is 0 Å². The van der Waals surface area contributed by atoms with Gasteiger partial charge in [0.15, 0.2) is 0 Å². The van der Waals surface area contributed by atoms with E-state index in [0.29, 0.717) is 6.61 Å². The third-order valence-electron chi connectivity index (χ3n) is 6.26. The van der Waals surface area contributed by atoms with Crippen molar-refractivity contribution in [1.29, 1.82) is 0 Å². The third-order valence-corrected chi connectivity index (χ3v) is 6.26. The number of benzene rings is 3. The van der Waals surface area contributed by atoms with Crippen molar-refractivity contribution in [1.82, 2.24) is 0 Å². The second-order valence-corrected chi connectivity index (χ2v) is 8.85. The normalized spacial score (nSPS) is 25.9. The molecule has 0 radical (unpaired) electrons. The predicted octanol–water partition coefficient (Wildman–Crippen LogP) is 4.05. The van der Waals surface area contributed by atoms with Crippen molar-refractivity contribution in [2.45, 2.75) is 56.4 Å². The van der Waals surface area contributed by atoms with Crippen LogP contribution in [0.5, 0.6) is 0 Å². The van der Waals surface area contributed by atoms with E-state index >= 15 is 0 Å². The highest BCUT2D eigenvalue weighted by Crippen LogP contribution is 2.32. The fourth-order valence-electron chi connectivity index (χ4n) is 4.40. The molecule has 0 aliphatic heterocycles. The number of hydrogen-bond donors (Lipinski definition) is 2. The maximum atomic E-state index is 11.2. The second-order valence-electron chi connectivity index (χ2n) is 8.85. The zero-order chi connectivity index (χ0) is 25.2. The Kier molecular flexibility index (Phi) is 9.81. The average molecular weight is 491 g/mol.